The second-order valence-electron chi connectivity index (χ2n) is 7.17. The number of anilines is 1. The molecule has 9 heteroatoms. The Labute approximate surface area is 158 Å². The molecule has 27 heavy (non-hydrogen) atoms. The largest absolute Gasteiger partial charge is 0.325 e. The van der Waals surface area contributed by atoms with E-state index in [4.69, 9.17) is 0 Å². The maximum absolute atomic E-state index is 12.8. The molecule has 2 N–H and O–H groups in total. The average Bonchev–Trinajstić information content (AvgIpc) is 2.77. The molecule has 8 nitrogen and oxygen atoms in total. The fourth-order valence-corrected chi connectivity index (χ4v) is 4.31. The van der Waals surface area contributed by atoms with Gasteiger partial charge in [-0.2, -0.15) is 0 Å². The summed E-state index contributed by atoms with van der Waals surface area (Å²) in [6.45, 7) is -0.407. The van der Waals surface area contributed by atoms with E-state index in [1.165, 1.54) is 18.2 Å². The Morgan fingerprint density at radius 3 is 2.48 bits per heavy atom. The lowest BCUT2D eigenvalue weighted by atomic mass is 9.90. The van der Waals surface area contributed by atoms with Crippen LogP contribution in [0.25, 0.3) is 0 Å². The smallest absolute Gasteiger partial charge is 0.324 e. The van der Waals surface area contributed by atoms with E-state index in [9.17, 15) is 22.8 Å². The summed E-state index contributed by atoms with van der Waals surface area (Å²) in [5.41, 5.74) is -0.594. The van der Waals surface area contributed by atoms with Crippen molar-refractivity contribution in [2.45, 2.75) is 49.0 Å². The van der Waals surface area contributed by atoms with Crippen molar-refractivity contribution in [3.63, 3.8) is 0 Å². The molecule has 1 aliphatic carbocycles. The predicted octanol–water partition coefficient (Wildman–Crippen LogP) is 1.67. The Hall–Kier alpha value is -2.42. The van der Waals surface area contributed by atoms with Gasteiger partial charge in [0, 0.05) is 11.9 Å². The van der Waals surface area contributed by atoms with Crippen LogP contribution in [0.4, 0.5) is 10.5 Å². The van der Waals surface area contributed by atoms with E-state index in [0.717, 1.165) is 36.8 Å². The van der Waals surface area contributed by atoms with Gasteiger partial charge in [0.15, 0.2) is 9.84 Å². The van der Waals surface area contributed by atoms with Crippen LogP contribution < -0.4 is 10.6 Å². The number of rotatable bonds is 4. The van der Waals surface area contributed by atoms with Crippen LogP contribution in [-0.4, -0.2) is 49.5 Å². The van der Waals surface area contributed by atoms with Gasteiger partial charge in [0.25, 0.3) is 5.91 Å². The summed E-state index contributed by atoms with van der Waals surface area (Å²) in [5, 5.41) is 5.33. The van der Waals surface area contributed by atoms with Gasteiger partial charge >= 0.3 is 6.03 Å². The third-order valence-electron chi connectivity index (χ3n) is 5.05. The molecule has 2 aliphatic rings. The van der Waals surface area contributed by atoms with Crippen LogP contribution in [0.5, 0.6) is 0 Å². The fraction of sp³-hybridized carbons (Fsp3) is 0.500. The lowest BCUT2D eigenvalue weighted by Gasteiger charge is -2.24. The topological polar surface area (TPSA) is 113 Å². The molecule has 0 atom stereocenters. The molecule has 0 aromatic heterocycles. The number of nitrogens with zero attached hydrogens (tertiary/aromatic N) is 1. The number of amides is 4. The minimum atomic E-state index is -3.40. The molecule has 1 aromatic carbocycles. The predicted molar refractivity (Wildman–Crippen MR) is 98.9 cm³/mol. The quantitative estimate of drug-likeness (QED) is 0.756. The van der Waals surface area contributed by atoms with E-state index >= 15 is 0 Å². The Balaban J connectivity index is 1.69. The number of hydrogen-bond acceptors (Lipinski definition) is 5. The number of sulfone groups is 1. The lowest BCUT2D eigenvalue weighted by molar-refractivity contribution is -0.134. The number of urea groups is 1. The zero-order valence-electron chi connectivity index (χ0n) is 15.2. The molecule has 1 aliphatic heterocycles. The summed E-state index contributed by atoms with van der Waals surface area (Å²) >= 11 is 0. The van der Waals surface area contributed by atoms with Crippen LogP contribution in [0.15, 0.2) is 29.2 Å². The number of carbonyl (C=O) groups is 3. The number of hydrogen-bond donors (Lipinski definition) is 2. The number of nitrogens with one attached hydrogen (secondary N) is 2. The zero-order valence-corrected chi connectivity index (χ0v) is 16.0. The molecule has 1 heterocycles. The Bertz CT molecular complexity index is 873. The molecule has 0 radical (unpaired) electrons. The second kappa shape index (κ2) is 7.30. The van der Waals surface area contributed by atoms with Crippen molar-refractivity contribution in [2.75, 3.05) is 18.1 Å². The summed E-state index contributed by atoms with van der Waals surface area (Å²) in [6.07, 6.45) is 6.05. The lowest BCUT2D eigenvalue weighted by Crippen LogP contribution is -2.47. The summed E-state index contributed by atoms with van der Waals surface area (Å²) in [7, 11) is -3.40. The number of benzene rings is 1. The van der Waals surface area contributed by atoms with Crippen molar-refractivity contribution in [3.05, 3.63) is 24.3 Å². The normalized spacial score (nSPS) is 19.7. The molecule has 146 valence electrons. The Kier molecular flexibility index (Phi) is 5.23. The van der Waals surface area contributed by atoms with Gasteiger partial charge in [-0.15, -0.1) is 0 Å². The van der Waals surface area contributed by atoms with Crippen LogP contribution in [-0.2, 0) is 19.4 Å². The maximum Gasteiger partial charge on any atom is 0.325 e. The van der Waals surface area contributed by atoms with Crippen LogP contribution in [0.2, 0.25) is 0 Å². The fourth-order valence-electron chi connectivity index (χ4n) is 3.64. The highest BCUT2D eigenvalue weighted by atomic mass is 32.2. The van der Waals surface area contributed by atoms with Gasteiger partial charge in [-0.05, 0) is 31.0 Å². The van der Waals surface area contributed by atoms with Crippen molar-refractivity contribution >= 4 is 33.4 Å². The van der Waals surface area contributed by atoms with Gasteiger partial charge in [0.2, 0.25) is 5.91 Å². The number of imide groups is 1. The molecular formula is C18H23N3O5S. The summed E-state index contributed by atoms with van der Waals surface area (Å²) in [5.74, 6) is -0.913. The SMILES string of the molecule is CS(=O)(=O)c1cccc(NC(=O)CN2C(=O)NC3(CCCCCC3)C2=O)c1. The van der Waals surface area contributed by atoms with Gasteiger partial charge in [0.1, 0.15) is 12.1 Å². The second-order valence-corrected chi connectivity index (χ2v) is 9.18. The molecule has 4 amide bonds. The monoisotopic (exact) mass is 393 g/mol. The first-order valence-electron chi connectivity index (χ1n) is 8.95. The summed E-state index contributed by atoms with van der Waals surface area (Å²) in [6, 6.07) is 5.28. The minimum absolute atomic E-state index is 0.0766. The molecule has 0 bridgehead atoms. The van der Waals surface area contributed by atoms with Crippen molar-refractivity contribution in [1.29, 1.82) is 0 Å². The van der Waals surface area contributed by atoms with Crippen molar-refractivity contribution in [1.82, 2.24) is 10.2 Å². The van der Waals surface area contributed by atoms with Gasteiger partial charge in [0.05, 0.1) is 4.90 Å². The van der Waals surface area contributed by atoms with Gasteiger partial charge in [-0.25, -0.2) is 13.2 Å². The highest BCUT2D eigenvalue weighted by Crippen LogP contribution is 2.32. The first kappa shape index (κ1) is 19.3. The van der Waals surface area contributed by atoms with Crippen LogP contribution in [0.3, 0.4) is 0 Å². The van der Waals surface area contributed by atoms with Gasteiger partial charge < -0.3 is 10.6 Å². The Morgan fingerprint density at radius 1 is 1.19 bits per heavy atom. The van der Waals surface area contributed by atoms with Crippen LogP contribution >= 0.6 is 0 Å². The van der Waals surface area contributed by atoms with E-state index in [0.29, 0.717) is 18.5 Å². The number of carbonyl (C=O) groups excluding carboxylic acids is 3. The molecule has 3 rings (SSSR count). The third kappa shape index (κ3) is 4.13. The summed E-state index contributed by atoms with van der Waals surface area (Å²) < 4.78 is 23.2. The van der Waals surface area contributed by atoms with Crippen molar-refractivity contribution < 1.29 is 22.8 Å². The Morgan fingerprint density at radius 2 is 1.85 bits per heavy atom. The average molecular weight is 393 g/mol. The van der Waals surface area contributed by atoms with Gasteiger partial charge in [-0.1, -0.05) is 31.7 Å². The first-order chi connectivity index (χ1) is 12.7. The van der Waals surface area contributed by atoms with Crippen molar-refractivity contribution in [2.24, 2.45) is 0 Å². The molecule has 1 saturated carbocycles. The molecule has 1 spiro atoms. The molecule has 0 unspecified atom stereocenters. The third-order valence-corrected chi connectivity index (χ3v) is 6.16. The zero-order chi connectivity index (χ0) is 19.7. The summed E-state index contributed by atoms with van der Waals surface area (Å²) in [4.78, 5) is 38.4. The highest BCUT2D eigenvalue weighted by molar-refractivity contribution is 7.90. The van der Waals surface area contributed by atoms with Gasteiger partial charge in [-0.3, -0.25) is 14.5 Å². The van der Waals surface area contributed by atoms with Crippen LogP contribution in [0, 0.1) is 0 Å². The first-order valence-corrected chi connectivity index (χ1v) is 10.8. The molecular weight excluding hydrogens is 370 g/mol. The standard InChI is InChI=1S/C18H23N3O5S/c1-27(25,26)14-8-6-7-13(11-14)19-15(22)12-21-16(23)18(20-17(21)24)9-4-2-3-5-10-18/h6-8,11H,2-5,9-10,12H2,1H3,(H,19,22)(H,20,24). The van der Waals surface area contributed by atoms with Crippen molar-refractivity contribution in [3.8, 4) is 0 Å². The molecule has 1 saturated heterocycles. The minimum Gasteiger partial charge on any atom is -0.324 e. The highest BCUT2D eigenvalue weighted by Gasteiger charge is 2.51. The van der Waals surface area contributed by atoms with E-state index in [-0.39, 0.29) is 10.8 Å². The molecule has 1 aromatic rings. The molecule has 2 fully saturated rings. The van der Waals surface area contributed by atoms with E-state index < -0.39 is 33.9 Å². The van der Waals surface area contributed by atoms with E-state index in [1.807, 2.05) is 0 Å². The van der Waals surface area contributed by atoms with E-state index in [1.54, 1.807) is 6.07 Å². The van der Waals surface area contributed by atoms with E-state index in [2.05, 4.69) is 10.6 Å². The maximum atomic E-state index is 12.8. The van der Waals surface area contributed by atoms with Crippen LogP contribution in [0.1, 0.15) is 38.5 Å².